The maximum absolute atomic E-state index is 5.03. The van der Waals surface area contributed by atoms with Gasteiger partial charge in [-0.2, -0.15) is 0 Å². The van der Waals surface area contributed by atoms with Crippen LogP contribution in [0.4, 0.5) is 0 Å². The van der Waals surface area contributed by atoms with Crippen molar-refractivity contribution in [2.24, 2.45) is 0 Å². The first-order chi connectivity index (χ1) is 25.1. The summed E-state index contributed by atoms with van der Waals surface area (Å²) >= 11 is 0. The molecule has 0 aromatic heterocycles. The molecule has 6 aromatic rings. The van der Waals surface area contributed by atoms with Gasteiger partial charge in [0.05, 0.1) is 0 Å². The highest BCUT2D eigenvalue weighted by atomic mass is 31.1. The first-order valence-electron chi connectivity index (χ1n) is 18.8. The third-order valence-corrected chi connectivity index (χ3v) is 15.8. The highest BCUT2D eigenvalue weighted by molar-refractivity contribution is 7.80. The van der Waals surface area contributed by atoms with Crippen molar-refractivity contribution in [3.8, 4) is 0 Å². The van der Waals surface area contributed by atoms with Gasteiger partial charge >= 0.3 is 0 Å². The van der Waals surface area contributed by atoms with Crippen LogP contribution in [0, 0.1) is 0 Å². The average molecular weight is 701 g/mol. The topological polar surface area (TPSA) is 0 Å². The second kappa shape index (κ2) is 17.0. The molecule has 0 N–H and O–H groups in total. The maximum atomic E-state index is 5.03. The highest BCUT2D eigenvalue weighted by Gasteiger charge is 2.28. The van der Waals surface area contributed by atoms with Crippen LogP contribution in [0.3, 0.4) is 0 Å². The SMILES string of the molecule is C=C(c1ccccc1C(C)CCCP(c1ccccc1)c1ccccc1)c1c(P(c2ccccc2)c2ccccc2)ccc2c1CCCCC2C. The smallest absolute Gasteiger partial charge is 0.00652 e. The second-order valence-corrected chi connectivity index (χ2v) is 18.6. The van der Waals surface area contributed by atoms with E-state index >= 15 is 0 Å². The Morgan fingerprint density at radius 2 is 1.18 bits per heavy atom. The summed E-state index contributed by atoms with van der Waals surface area (Å²) in [5.41, 5.74) is 8.44. The van der Waals surface area contributed by atoms with E-state index in [9.17, 15) is 0 Å². The number of rotatable bonds is 12. The molecule has 2 atom stereocenters. The fourth-order valence-electron chi connectivity index (χ4n) is 8.07. The van der Waals surface area contributed by atoms with E-state index in [-0.39, 0.29) is 0 Å². The van der Waals surface area contributed by atoms with Gasteiger partial charge in [0.2, 0.25) is 0 Å². The average Bonchev–Trinajstić information content (AvgIpc) is 3.38. The van der Waals surface area contributed by atoms with Crippen LogP contribution in [0.15, 0.2) is 164 Å². The molecule has 0 spiro atoms. The van der Waals surface area contributed by atoms with Gasteiger partial charge in [-0.15, -0.1) is 0 Å². The predicted octanol–water partition coefficient (Wildman–Crippen LogP) is 11.4. The van der Waals surface area contributed by atoms with Gasteiger partial charge in [0.25, 0.3) is 0 Å². The van der Waals surface area contributed by atoms with Crippen molar-refractivity contribution in [2.45, 2.75) is 64.2 Å². The standard InChI is InChI=1S/C49H50P2/c1-37-21-16-17-33-47-45(37)34-35-48(51(42-27-12-6-13-28-42)43-29-14-7-15-30-43)49(47)39(3)46-32-19-18-31-44(46)38(2)22-20-36-50(40-23-8-4-9-24-40)41-25-10-5-11-26-41/h4-15,18-19,23-32,34-35,37-38H,3,16-17,20-22,33,36H2,1-2H3. The quantitative estimate of drug-likeness (QED) is 0.0881. The number of fused-ring (bicyclic) bond motifs is 1. The number of hydrogen-bond acceptors (Lipinski definition) is 0. The van der Waals surface area contributed by atoms with Gasteiger partial charge in [-0.05, 0) is 126 Å². The van der Waals surface area contributed by atoms with E-state index in [0.29, 0.717) is 11.8 Å². The molecule has 0 radical (unpaired) electrons. The van der Waals surface area contributed by atoms with Gasteiger partial charge in [-0.1, -0.05) is 185 Å². The molecule has 1 aliphatic carbocycles. The molecule has 0 aliphatic heterocycles. The van der Waals surface area contributed by atoms with Crippen LogP contribution < -0.4 is 26.5 Å². The molecule has 0 heterocycles. The summed E-state index contributed by atoms with van der Waals surface area (Å²) in [7, 11) is -1.16. The van der Waals surface area contributed by atoms with Crippen molar-refractivity contribution in [3.05, 3.63) is 192 Å². The third kappa shape index (κ3) is 8.05. The molecule has 256 valence electrons. The minimum absolute atomic E-state index is 0.391. The number of benzene rings is 6. The first kappa shape index (κ1) is 35.3. The van der Waals surface area contributed by atoms with E-state index in [1.807, 2.05) is 0 Å². The lowest BCUT2D eigenvalue weighted by Crippen LogP contribution is -2.25. The fourth-order valence-corrected chi connectivity index (χ4v) is 13.0. The Kier molecular flexibility index (Phi) is 11.7. The summed E-state index contributed by atoms with van der Waals surface area (Å²) in [5, 5.41) is 7.17. The lowest BCUT2D eigenvalue weighted by Gasteiger charge is -2.28. The van der Waals surface area contributed by atoms with Gasteiger partial charge in [0.1, 0.15) is 0 Å². The minimum atomic E-state index is -0.773. The lowest BCUT2D eigenvalue weighted by atomic mass is 9.83. The van der Waals surface area contributed by atoms with Crippen molar-refractivity contribution < 1.29 is 0 Å². The van der Waals surface area contributed by atoms with Gasteiger partial charge in [-0.25, -0.2) is 0 Å². The van der Waals surface area contributed by atoms with E-state index in [2.05, 4.69) is 172 Å². The van der Waals surface area contributed by atoms with Gasteiger partial charge < -0.3 is 0 Å². The molecule has 0 nitrogen and oxygen atoms in total. The maximum Gasteiger partial charge on any atom is -0.00652 e. The molecule has 0 fully saturated rings. The van der Waals surface area contributed by atoms with Crippen molar-refractivity contribution in [1.29, 1.82) is 0 Å². The zero-order valence-electron chi connectivity index (χ0n) is 30.2. The molecule has 6 aromatic carbocycles. The molecule has 2 heteroatoms. The molecule has 0 saturated carbocycles. The van der Waals surface area contributed by atoms with E-state index < -0.39 is 15.8 Å². The zero-order valence-corrected chi connectivity index (χ0v) is 32.0. The molecule has 0 bridgehead atoms. The summed E-state index contributed by atoms with van der Waals surface area (Å²) in [6.45, 7) is 9.91. The Labute approximate surface area is 309 Å². The summed E-state index contributed by atoms with van der Waals surface area (Å²) in [4.78, 5) is 0. The van der Waals surface area contributed by atoms with Crippen LogP contribution in [-0.4, -0.2) is 6.16 Å². The fraction of sp³-hybridized carbons (Fsp3) is 0.224. The Bertz CT molecular complexity index is 1940. The molecule has 2 unspecified atom stereocenters. The van der Waals surface area contributed by atoms with Crippen molar-refractivity contribution in [3.63, 3.8) is 0 Å². The summed E-state index contributed by atoms with van der Waals surface area (Å²) < 4.78 is 0. The molecular weight excluding hydrogens is 650 g/mol. The predicted molar refractivity (Wildman–Crippen MR) is 227 cm³/mol. The van der Waals surface area contributed by atoms with Crippen molar-refractivity contribution in [2.75, 3.05) is 6.16 Å². The Morgan fingerprint density at radius 1 is 0.647 bits per heavy atom. The molecule has 0 amide bonds. The number of hydrogen-bond donors (Lipinski definition) is 0. The largest absolute Gasteiger partial charge is 0.0905 e. The van der Waals surface area contributed by atoms with E-state index in [1.54, 1.807) is 5.56 Å². The van der Waals surface area contributed by atoms with Gasteiger partial charge in [-0.3, -0.25) is 0 Å². The monoisotopic (exact) mass is 700 g/mol. The Balaban J connectivity index is 1.25. The van der Waals surface area contributed by atoms with Crippen LogP contribution >= 0.6 is 15.8 Å². The van der Waals surface area contributed by atoms with Crippen molar-refractivity contribution in [1.82, 2.24) is 0 Å². The molecule has 51 heavy (non-hydrogen) atoms. The molecule has 0 saturated heterocycles. The van der Waals surface area contributed by atoms with E-state index in [4.69, 9.17) is 6.58 Å². The zero-order chi connectivity index (χ0) is 35.0. The van der Waals surface area contributed by atoms with Gasteiger partial charge in [0, 0.05) is 0 Å². The molecule has 7 rings (SSSR count). The van der Waals surface area contributed by atoms with Crippen LogP contribution in [0.25, 0.3) is 5.57 Å². The van der Waals surface area contributed by atoms with E-state index in [0.717, 1.165) is 12.8 Å². The lowest BCUT2D eigenvalue weighted by molar-refractivity contribution is 0.635. The molecular formula is C49H50P2. The van der Waals surface area contributed by atoms with Crippen molar-refractivity contribution >= 4 is 47.9 Å². The van der Waals surface area contributed by atoms with Crippen LogP contribution in [0.1, 0.15) is 85.6 Å². The second-order valence-electron chi connectivity index (χ2n) is 14.1. The first-order valence-corrected chi connectivity index (χ1v) is 21.7. The van der Waals surface area contributed by atoms with Crippen LogP contribution in [0.2, 0.25) is 0 Å². The normalized spacial score (nSPS) is 14.9. The summed E-state index contributed by atoms with van der Waals surface area (Å²) in [5.74, 6) is 0.983. The van der Waals surface area contributed by atoms with Crippen LogP contribution in [0.5, 0.6) is 0 Å². The molecule has 1 aliphatic rings. The minimum Gasteiger partial charge on any atom is -0.0905 e. The summed E-state index contributed by atoms with van der Waals surface area (Å²) in [6.07, 6.45) is 8.43. The Morgan fingerprint density at radius 3 is 1.76 bits per heavy atom. The third-order valence-electron chi connectivity index (χ3n) is 10.7. The van der Waals surface area contributed by atoms with Gasteiger partial charge in [0.15, 0.2) is 0 Å². The van der Waals surface area contributed by atoms with Crippen LogP contribution in [-0.2, 0) is 6.42 Å². The highest BCUT2D eigenvalue weighted by Crippen LogP contribution is 2.44. The summed E-state index contributed by atoms with van der Waals surface area (Å²) in [6, 6.07) is 58.9. The Hall–Kier alpha value is -4.08. The van der Waals surface area contributed by atoms with E-state index in [1.165, 1.54) is 86.2 Å².